The Hall–Kier alpha value is -2.36. The normalized spacial score (nSPS) is 10.0. The molecule has 0 spiro atoms. The van der Waals surface area contributed by atoms with Crippen molar-refractivity contribution in [3.63, 3.8) is 0 Å². The van der Waals surface area contributed by atoms with Crippen molar-refractivity contribution in [3.8, 4) is 5.75 Å². The fourth-order valence-electron chi connectivity index (χ4n) is 1.57. The molecule has 0 radical (unpaired) electrons. The van der Waals surface area contributed by atoms with Crippen LogP contribution in [0.5, 0.6) is 5.75 Å². The molecule has 0 saturated carbocycles. The standard InChI is InChI=1S/C15H14FNO2/c1-17(13-9-7-12(16)8-10-13)15(18)11-19-14-5-3-2-4-6-14/h2-10H,11H2,1H3. The molecule has 0 aliphatic rings. The van der Waals surface area contributed by atoms with Crippen molar-refractivity contribution in [2.75, 3.05) is 18.6 Å². The predicted octanol–water partition coefficient (Wildman–Crippen LogP) is 2.87. The molecule has 1 amide bonds. The van der Waals surface area contributed by atoms with Gasteiger partial charge in [0.15, 0.2) is 6.61 Å². The van der Waals surface area contributed by atoms with Gasteiger partial charge >= 0.3 is 0 Å². The Morgan fingerprint density at radius 2 is 1.74 bits per heavy atom. The Labute approximate surface area is 111 Å². The molecule has 0 N–H and O–H groups in total. The molecule has 2 aromatic carbocycles. The molecule has 3 nitrogen and oxygen atoms in total. The minimum absolute atomic E-state index is 0.0576. The van der Waals surface area contributed by atoms with Crippen molar-refractivity contribution in [3.05, 3.63) is 60.4 Å². The SMILES string of the molecule is CN(C(=O)COc1ccccc1)c1ccc(F)cc1. The number of anilines is 1. The second kappa shape index (κ2) is 6.00. The van der Waals surface area contributed by atoms with Gasteiger partial charge in [0.2, 0.25) is 0 Å². The largest absolute Gasteiger partial charge is 0.484 e. The highest BCUT2D eigenvalue weighted by Gasteiger charge is 2.11. The summed E-state index contributed by atoms with van der Waals surface area (Å²) in [6.45, 7) is -0.0576. The Bertz CT molecular complexity index is 540. The number of carbonyl (C=O) groups is 1. The second-order valence-corrected chi connectivity index (χ2v) is 4.03. The molecule has 0 aliphatic carbocycles. The van der Waals surface area contributed by atoms with E-state index in [1.165, 1.54) is 17.0 Å². The Kier molecular flexibility index (Phi) is 4.13. The van der Waals surface area contributed by atoms with Crippen molar-refractivity contribution in [1.29, 1.82) is 0 Å². The molecule has 4 heteroatoms. The molecule has 98 valence electrons. The minimum atomic E-state index is -0.329. The highest BCUT2D eigenvalue weighted by atomic mass is 19.1. The topological polar surface area (TPSA) is 29.5 Å². The number of amides is 1. The van der Waals surface area contributed by atoms with Crippen molar-refractivity contribution >= 4 is 11.6 Å². The van der Waals surface area contributed by atoms with Crippen LogP contribution in [0, 0.1) is 5.82 Å². The summed E-state index contributed by atoms with van der Waals surface area (Å²) in [4.78, 5) is 13.3. The zero-order valence-electron chi connectivity index (χ0n) is 10.5. The number of benzene rings is 2. The molecule has 0 bridgehead atoms. The van der Waals surface area contributed by atoms with E-state index in [1.54, 1.807) is 31.3 Å². The molecule has 0 fully saturated rings. The van der Waals surface area contributed by atoms with Crippen LogP contribution in [-0.4, -0.2) is 19.6 Å². The van der Waals surface area contributed by atoms with Gasteiger partial charge in [-0.25, -0.2) is 4.39 Å². The Morgan fingerprint density at radius 1 is 1.11 bits per heavy atom. The first-order valence-electron chi connectivity index (χ1n) is 5.87. The highest BCUT2D eigenvalue weighted by Crippen LogP contribution is 2.14. The first-order valence-corrected chi connectivity index (χ1v) is 5.87. The lowest BCUT2D eigenvalue weighted by molar-refractivity contribution is -0.120. The molecule has 2 rings (SSSR count). The maximum atomic E-state index is 12.8. The molecular weight excluding hydrogens is 245 g/mol. The van der Waals surface area contributed by atoms with Gasteiger partial charge < -0.3 is 9.64 Å². The average molecular weight is 259 g/mol. The van der Waals surface area contributed by atoms with E-state index < -0.39 is 0 Å². The van der Waals surface area contributed by atoms with Crippen molar-refractivity contribution in [2.45, 2.75) is 0 Å². The fourth-order valence-corrected chi connectivity index (χ4v) is 1.57. The number of hydrogen-bond acceptors (Lipinski definition) is 2. The van der Waals surface area contributed by atoms with E-state index in [9.17, 15) is 9.18 Å². The van der Waals surface area contributed by atoms with Gasteiger partial charge in [0, 0.05) is 12.7 Å². The summed E-state index contributed by atoms with van der Waals surface area (Å²) in [5.74, 6) is 0.115. The number of rotatable bonds is 4. The summed E-state index contributed by atoms with van der Waals surface area (Å²) in [6.07, 6.45) is 0. The number of ether oxygens (including phenoxy) is 1. The van der Waals surface area contributed by atoms with Crippen molar-refractivity contribution in [2.24, 2.45) is 0 Å². The van der Waals surface area contributed by atoms with Crippen LogP contribution in [0.4, 0.5) is 10.1 Å². The van der Waals surface area contributed by atoms with Gasteiger partial charge in [-0.1, -0.05) is 18.2 Å². The maximum Gasteiger partial charge on any atom is 0.264 e. The van der Waals surface area contributed by atoms with Crippen LogP contribution in [0.15, 0.2) is 54.6 Å². The van der Waals surface area contributed by atoms with Crippen LogP contribution < -0.4 is 9.64 Å². The summed E-state index contributed by atoms with van der Waals surface area (Å²) in [5, 5.41) is 0. The van der Waals surface area contributed by atoms with Gasteiger partial charge in [0.05, 0.1) is 0 Å². The summed E-state index contributed by atoms with van der Waals surface area (Å²) in [7, 11) is 1.63. The quantitative estimate of drug-likeness (QED) is 0.845. The van der Waals surface area contributed by atoms with Crippen LogP contribution in [0.2, 0.25) is 0 Å². The molecule has 0 saturated heterocycles. The average Bonchev–Trinajstić information content (AvgIpc) is 2.46. The van der Waals surface area contributed by atoms with Gasteiger partial charge in [-0.15, -0.1) is 0 Å². The number of hydrogen-bond donors (Lipinski definition) is 0. The zero-order valence-corrected chi connectivity index (χ0v) is 10.5. The summed E-state index contributed by atoms with van der Waals surface area (Å²) in [6, 6.07) is 14.8. The van der Waals surface area contributed by atoms with E-state index in [4.69, 9.17) is 4.74 Å². The second-order valence-electron chi connectivity index (χ2n) is 4.03. The zero-order chi connectivity index (χ0) is 13.7. The third-order valence-electron chi connectivity index (χ3n) is 2.69. The van der Waals surface area contributed by atoms with Crippen LogP contribution in [-0.2, 0) is 4.79 Å². The van der Waals surface area contributed by atoms with Gasteiger partial charge in [-0.05, 0) is 36.4 Å². The molecule has 0 aliphatic heterocycles. The smallest absolute Gasteiger partial charge is 0.264 e. The number of likely N-dealkylation sites (N-methyl/N-ethyl adjacent to an activating group) is 1. The Morgan fingerprint density at radius 3 is 2.37 bits per heavy atom. The molecule has 2 aromatic rings. The number of carbonyl (C=O) groups excluding carboxylic acids is 1. The fraction of sp³-hybridized carbons (Fsp3) is 0.133. The van der Waals surface area contributed by atoms with E-state index in [-0.39, 0.29) is 18.3 Å². The number of nitrogens with zero attached hydrogens (tertiary/aromatic N) is 1. The van der Waals surface area contributed by atoms with Gasteiger partial charge in [0.25, 0.3) is 5.91 Å². The lowest BCUT2D eigenvalue weighted by atomic mass is 10.3. The molecule has 0 aromatic heterocycles. The molecular formula is C15H14FNO2. The maximum absolute atomic E-state index is 12.8. The van der Waals surface area contributed by atoms with E-state index in [1.807, 2.05) is 18.2 Å². The van der Waals surface area contributed by atoms with E-state index in [0.717, 1.165) is 0 Å². The van der Waals surface area contributed by atoms with Gasteiger partial charge in [0.1, 0.15) is 11.6 Å². The first kappa shape index (κ1) is 13.1. The number of halogens is 1. The predicted molar refractivity (Wildman–Crippen MR) is 71.7 cm³/mol. The van der Waals surface area contributed by atoms with Crippen LogP contribution in [0.3, 0.4) is 0 Å². The molecule has 19 heavy (non-hydrogen) atoms. The summed E-state index contributed by atoms with van der Waals surface area (Å²) >= 11 is 0. The highest BCUT2D eigenvalue weighted by molar-refractivity contribution is 5.93. The van der Waals surface area contributed by atoms with Crippen LogP contribution in [0.25, 0.3) is 0 Å². The van der Waals surface area contributed by atoms with Gasteiger partial charge in [-0.3, -0.25) is 4.79 Å². The third kappa shape index (κ3) is 3.55. The number of para-hydroxylation sites is 1. The first-order chi connectivity index (χ1) is 9.16. The van der Waals surface area contributed by atoms with Crippen LogP contribution >= 0.6 is 0 Å². The molecule has 0 heterocycles. The summed E-state index contributed by atoms with van der Waals surface area (Å²) in [5.41, 5.74) is 0.628. The molecule has 0 atom stereocenters. The van der Waals surface area contributed by atoms with E-state index in [2.05, 4.69) is 0 Å². The third-order valence-corrected chi connectivity index (χ3v) is 2.69. The minimum Gasteiger partial charge on any atom is -0.484 e. The Balaban J connectivity index is 1.94. The van der Waals surface area contributed by atoms with Crippen molar-refractivity contribution in [1.82, 2.24) is 0 Å². The van der Waals surface area contributed by atoms with E-state index >= 15 is 0 Å². The van der Waals surface area contributed by atoms with Gasteiger partial charge in [-0.2, -0.15) is 0 Å². The lowest BCUT2D eigenvalue weighted by Gasteiger charge is -2.17. The molecule has 0 unspecified atom stereocenters. The van der Waals surface area contributed by atoms with Crippen LogP contribution in [0.1, 0.15) is 0 Å². The van der Waals surface area contributed by atoms with E-state index in [0.29, 0.717) is 11.4 Å². The lowest BCUT2D eigenvalue weighted by Crippen LogP contribution is -2.31. The monoisotopic (exact) mass is 259 g/mol. The van der Waals surface area contributed by atoms with Crippen molar-refractivity contribution < 1.29 is 13.9 Å². The summed E-state index contributed by atoms with van der Waals surface area (Å²) < 4.78 is 18.2.